The van der Waals surface area contributed by atoms with Gasteiger partial charge in [0.1, 0.15) is 11.5 Å². The molecule has 0 aliphatic carbocycles. The average Bonchev–Trinajstić information content (AvgIpc) is 3.31. The van der Waals surface area contributed by atoms with E-state index >= 15 is 0 Å². The summed E-state index contributed by atoms with van der Waals surface area (Å²) in [6, 6.07) is 7.91. The third-order valence-corrected chi connectivity index (χ3v) is 4.73. The van der Waals surface area contributed by atoms with Crippen molar-refractivity contribution >= 4 is 28.4 Å². The number of non-ortho nitro benzene ring substituents is 1. The van der Waals surface area contributed by atoms with Gasteiger partial charge in [0.05, 0.1) is 16.5 Å². The van der Waals surface area contributed by atoms with E-state index in [-0.39, 0.29) is 35.8 Å². The number of aryl methyl sites for hydroxylation is 2. The smallest absolute Gasteiger partial charge is 0.407 e. The van der Waals surface area contributed by atoms with E-state index in [1.54, 1.807) is 6.92 Å². The van der Waals surface area contributed by atoms with Crippen molar-refractivity contribution in [1.29, 1.82) is 0 Å². The first-order valence-corrected chi connectivity index (χ1v) is 9.46. The summed E-state index contributed by atoms with van der Waals surface area (Å²) in [4.78, 5) is 34.7. The van der Waals surface area contributed by atoms with Crippen LogP contribution in [0.1, 0.15) is 18.7 Å². The lowest BCUT2D eigenvalue weighted by molar-refractivity contribution is -0.384. The molecular weight excluding hydrogens is 425 g/mol. The second-order valence-electron chi connectivity index (χ2n) is 6.88. The molecule has 4 rings (SSSR count). The summed E-state index contributed by atoms with van der Waals surface area (Å²) in [5, 5.41) is 24.4. The van der Waals surface area contributed by atoms with Gasteiger partial charge in [-0.15, -0.1) is 5.10 Å². The number of nitro benzene ring substituents is 1. The highest BCUT2D eigenvalue weighted by Crippen LogP contribution is 2.21. The number of oxazole rings is 1. The Labute approximate surface area is 178 Å². The number of hydrogen-bond donors (Lipinski definition) is 1. The zero-order chi connectivity index (χ0) is 22.8. The lowest BCUT2D eigenvalue weighted by atomic mass is 10.2. The molecular formula is C19H16FN7O5. The number of benzene rings is 2. The molecule has 12 nitrogen and oxygen atoms in total. The Morgan fingerprint density at radius 3 is 2.81 bits per heavy atom. The molecule has 0 atom stereocenters. The van der Waals surface area contributed by atoms with E-state index in [9.17, 15) is 24.1 Å². The zero-order valence-corrected chi connectivity index (χ0v) is 16.7. The number of nitro groups is 1. The molecule has 13 heteroatoms. The van der Waals surface area contributed by atoms with Crippen LogP contribution in [0.3, 0.4) is 0 Å². The minimum atomic E-state index is -0.666. The molecule has 2 heterocycles. The zero-order valence-electron chi connectivity index (χ0n) is 16.7. The molecule has 0 aliphatic rings. The average molecular weight is 441 g/mol. The van der Waals surface area contributed by atoms with Crippen LogP contribution in [0.25, 0.3) is 16.8 Å². The van der Waals surface area contributed by atoms with Crippen LogP contribution in [0.4, 0.5) is 15.8 Å². The van der Waals surface area contributed by atoms with Crippen molar-refractivity contribution in [2.24, 2.45) is 0 Å². The molecule has 4 aromatic rings. The first kappa shape index (κ1) is 20.8. The Morgan fingerprint density at radius 1 is 1.28 bits per heavy atom. The first-order chi connectivity index (χ1) is 15.3. The molecule has 0 aliphatic heterocycles. The van der Waals surface area contributed by atoms with Gasteiger partial charge in [0.2, 0.25) is 5.91 Å². The van der Waals surface area contributed by atoms with Crippen molar-refractivity contribution in [2.75, 3.05) is 5.32 Å². The highest BCUT2D eigenvalue weighted by Gasteiger charge is 2.15. The number of nitrogens with zero attached hydrogens (tertiary/aromatic N) is 6. The number of carbonyl (C=O) groups excluding carboxylic acids is 1. The molecule has 1 amide bonds. The number of amides is 1. The summed E-state index contributed by atoms with van der Waals surface area (Å²) < 4.78 is 21.7. The Kier molecular flexibility index (Phi) is 5.45. The van der Waals surface area contributed by atoms with Gasteiger partial charge in [-0.1, -0.05) is 0 Å². The number of carbonyl (C=O) groups is 1. The number of hydrogen-bond acceptors (Lipinski definition) is 8. The third-order valence-electron chi connectivity index (χ3n) is 4.73. The summed E-state index contributed by atoms with van der Waals surface area (Å²) >= 11 is 0. The van der Waals surface area contributed by atoms with Crippen molar-refractivity contribution in [3.63, 3.8) is 0 Å². The van der Waals surface area contributed by atoms with Crippen LogP contribution >= 0.6 is 0 Å². The van der Waals surface area contributed by atoms with Gasteiger partial charge in [0, 0.05) is 24.7 Å². The molecule has 0 bridgehead atoms. The predicted octanol–water partition coefficient (Wildman–Crippen LogP) is 2.34. The molecule has 2 aromatic heterocycles. The van der Waals surface area contributed by atoms with Gasteiger partial charge in [-0.05, 0) is 48.0 Å². The Morgan fingerprint density at radius 2 is 2.09 bits per heavy atom. The summed E-state index contributed by atoms with van der Waals surface area (Å²) in [6.45, 7) is 1.79. The van der Waals surface area contributed by atoms with Gasteiger partial charge in [-0.2, -0.15) is 4.68 Å². The van der Waals surface area contributed by atoms with E-state index in [0.717, 1.165) is 0 Å². The monoisotopic (exact) mass is 441 g/mol. The number of anilines is 1. The van der Waals surface area contributed by atoms with E-state index in [1.807, 2.05) is 0 Å². The maximum absolute atomic E-state index is 14.1. The highest BCUT2D eigenvalue weighted by atomic mass is 19.1. The standard InChI is InChI=1S/C19H16FN7O5/c1-11-22-23-24-26(11)16-9-12(4-6-14(16)20)21-18(28)3-2-8-25-15-7-5-13(27(30)31)10-17(15)32-19(25)29/h4-7,9-10H,2-3,8H2,1H3,(H,21,28). The molecule has 0 spiro atoms. The van der Waals surface area contributed by atoms with E-state index < -0.39 is 16.5 Å². The molecule has 0 saturated carbocycles. The van der Waals surface area contributed by atoms with Gasteiger partial charge in [0.25, 0.3) is 5.69 Å². The Balaban J connectivity index is 1.41. The van der Waals surface area contributed by atoms with Gasteiger partial charge in [-0.25, -0.2) is 9.18 Å². The van der Waals surface area contributed by atoms with Crippen molar-refractivity contribution in [2.45, 2.75) is 26.3 Å². The molecule has 0 unspecified atom stereocenters. The number of rotatable bonds is 7. The van der Waals surface area contributed by atoms with Gasteiger partial charge in [-0.3, -0.25) is 19.5 Å². The Bertz CT molecular complexity index is 1390. The summed E-state index contributed by atoms with van der Waals surface area (Å²) in [6.07, 6.45) is 0.375. The molecule has 32 heavy (non-hydrogen) atoms. The molecule has 0 radical (unpaired) electrons. The number of fused-ring (bicyclic) bond motifs is 1. The van der Waals surface area contributed by atoms with Crippen LogP contribution in [0, 0.1) is 22.9 Å². The minimum Gasteiger partial charge on any atom is -0.407 e. The topological polar surface area (TPSA) is 151 Å². The van der Waals surface area contributed by atoms with Crippen molar-refractivity contribution < 1.29 is 18.5 Å². The van der Waals surface area contributed by atoms with E-state index in [1.165, 1.54) is 45.6 Å². The molecule has 1 N–H and O–H groups in total. The van der Waals surface area contributed by atoms with Gasteiger partial charge >= 0.3 is 5.76 Å². The summed E-state index contributed by atoms with van der Waals surface area (Å²) in [5.41, 5.74) is 0.773. The minimum absolute atomic E-state index is 0.0721. The van der Waals surface area contributed by atoms with Crippen LogP contribution in [-0.4, -0.2) is 35.6 Å². The maximum Gasteiger partial charge on any atom is 0.419 e. The SMILES string of the molecule is Cc1nnnn1-c1cc(NC(=O)CCCn2c(=O)oc3cc([N+](=O)[O-])ccc32)ccc1F. The van der Waals surface area contributed by atoms with E-state index in [2.05, 4.69) is 20.8 Å². The van der Waals surface area contributed by atoms with Crippen LogP contribution in [0.2, 0.25) is 0 Å². The fourth-order valence-corrected chi connectivity index (χ4v) is 3.21. The highest BCUT2D eigenvalue weighted by molar-refractivity contribution is 5.91. The molecule has 0 fully saturated rings. The predicted molar refractivity (Wildman–Crippen MR) is 109 cm³/mol. The molecule has 164 valence electrons. The number of aromatic nitrogens is 5. The number of halogens is 1. The molecule has 0 saturated heterocycles. The summed E-state index contributed by atoms with van der Waals surface area (Å²) in [7, 11) is 0. The van der Waals surface area contributed by atoms with Gasteiger partial charge in [0.15, 0.2) is 11.4 Å². The van der Waals surface area contributed by atoms with E-state index in [0.29, 0.717) is 23.4 Å². The summed E-state index contributed by atoms with van der Waals surface area (Å²) in [5.74, 6) is -1.17. The quantitative estimate of drug-likeness (QED) is 0.339. The lowest BCUT2D eigenvalue weighted by Crippen LogP contribution is -2.17. The van der Waals surface area contributed by atoms with Crippen LogP contribution < -0.4 is 11.1 Å². The van der Waals surface area contributed by atoms with E-state index in [4.69, 9.17) is 4.42 Å². The van der Waals surface area contributed by atoms with Gasteiger partial charge < -0.3 is 9.73 Å². The van der Waals surface area contributed by atoms with Crippen molar-refractivity contribution in [3.05, 3.63) is 68.7 Å². The Hall–Kier alpha value is -4.42. The first-order valence-electron chi connectivity index (χ1n) is 9.46. The van der Waals surface area contributed by atoms with Crippen LogP contribution in [0.5, 0.6) is 0 Å². The third kappa shape index (κ3) is 4.08. The fraction of sp³-hybridized carbons (Fsp3) is 0.211. The number of nitrogens with one attached hydrogen (secondary N) is 1. The second kappa shape index (κ2) is 8.37. The van der Waals surface area contributed by atoms with Crippen LogP contribution in [0.15, 0.2) is 45.6 Å². The number of tetrazole rings is 1. The van der Waals surface area contributed by atoms with Crippen LogP contribution in [-0.2, 0) is 11.3 Å². The maximum atomic E-state index is 14.1. The van der Waals surface area contributed by atoms with Crippen molar-refractivity contribution in [3.8, 4) is 5.69 Å². The normalized spacial score (nSPS) is 11.1. The lowest BCUT2D eigenvalue weighted by Gasteiger charge is -2.09. The fourth-order valence-electron chi connectivity index (χ4n) is 3.21. The largest absolute Gasteiger partial charge is 0.419 e. The molecule has 2 aromatic carbocycles. The van der Waals surface area contributed by atoms with Crippen molar-refractivity contribution in [1.82, 2.24) is 24.8 Å². The second-order valence-corrected chi connectivity index (χ2v) is 6.88.